The fraction of sp³-hybridized carbons (Fsp3) is 0.0323. The van der Waals surface area contributed by atoms with Crippen LogP contribution in [-0.2, 0) is 6.61 Å². The van der Waals surface area contributed by atoms with Crippen LogP contribution in [0.15, 0.2) is 122 Å². The number of nitrogens with zero attached hydrogens (tertiary/aromatic N) is 2. The smallest absolute Gasteiger partial charge is 0.154 e. The molecule has 3 heterocycles. The summed E-state index contributed by atoms with van der Waals surface area (Å²) < 4.78 is 13.3. The minimum atomic E-state index is 0.503. The first-order valence-electron chi connectivity index (χ1n) is 11.6. The lowest BCUT2D eigenvalue weighted by Crippen LogP contribution is -1.95. The zero-order valence-corrected chi connectivity index (χ0v) is 20.2. The molecule has 3 aromatic carbocycles. The van der Waals surface area contributed by atoms with Gasteiger partial charge in [-0.3, -0.25) is 9.97 Å². The molecule has 4 nitrogen and oxygen atoms in total. The highest BCUT2D eigenvalue weighted by molar-refractivity contribution is 7.22. The molecule has 174 valence electrons. The molecular formula is C31H22N2O2S. The van der Waals surface area contributed by atoms with E-state index < -0.39 is 0 Å². The molecule has 36 heavy (non-hydrogen) atoms. The zero-order valence-electron chi connectivity index (χ0n) is 19.4. The molecule has 0 aliphatic heterocycles. The van der Waals surface area contributed by atoms with Gasteiger partial charge in [-0.15, -0.1) is 11.3 Å². The summed E-state index contributed by atoms with van der Waals surface area (Å²) in [6.45, 7) is 0.503. The number of fused-ring (bicyclic) bond motifs is 1. The van der Waals surface area contributed by atoms with Crippen LogP contribution in [0.2, 0.25) is 0 Å². The molecule has 0 fully saturated rings. The van der Waals surface area contributed by atoms with Crippen LogP contribution in [0.1, 0.15) is 5.56 Å². The molecule has 0 spiro atoms. The van der Waals surface area contributed by atoms with Gasteiger partial charge in [0.15, 0.2) is 5.75 Å². The minimum Gasteiger partial charge on any atom is -0.487 e. The highest BCUT2D eigenvalue weighted by Crippen LogP contribution is 2.39. The molecule has 5 heteroatoms. The van der Waals surface area contributed by atoms with Gasteiger partial charge in [0.25, 0.3) is 0 Å². The highest BCUT2D eigenvalue weighted by atomic mass is 32.1. The molecule has 0 radical (unpaired) electrons. The third kappa shape index (κ3) is 4.83. The summed E-state index contributed by atoms with van der Waals surface area (Å²) in [5.74, 6) is 2.24. The summed E-state index contributed by atoms with van der Waals surface area (Å²) >= 11 is 1.66. The van der Waals surface area contributed by atoms with Gasteiger partial charge in [-0.25, -0.2) is 0 Å². The van der Waals surface area contributed by atoms with Crippen LogP contribution in [0.25, 0.3) is 31.7 Å². The number of thiophene rings is 1. The molecule has 0 bridgehead atoms. The van der Waals surface area contributed by atoms with Crippen LogP contribution in [0.4, 0.5) is 0 Å². The second kappa shape index (κ2) is 10.0. The molecule has 0 N–H and O–H groups in total. The fourth-order valence-electron chi connectivity index (χ4n) is 4.01. The van der Waals surface area contributed by atoms with Gasteiger partial charge in [-0.2, -0.15) is 0 Å². The Labute approximate surface area is 213 Å². The molecule has 6 aromatic rings. The normalized spacial score (nSPS) is 10.9. The maximum Gasteiger partial charge on any atom is 0.154 e. The third-order valence-electron chi connectivity index (χ3n) is 5.85. The Kier molecular flexibility index (Phi) is 6.13. The average Bonchev–Trinajstić information content (AvgIpc) is 3.39. The molecule has 0 atom stereocenters. The zero-order chi connectivity index (χ0) is 24.2. The molecule has 0 aliphatic rings. The molecule has 0 unspecified atom stereocenters. The maximum atomic E-state index is 6.25. The number of ether oxygens (including phenoxy) is 2. The van der Waals surface area contributed by atoms with Crippen molar-refractivity contribution in [2.24, 2.45) is 0 Å². The Morgan fingerprint density at radius 2 is 1.33 bits per heavy atom. The van der Waals surface area contributed by atoms with Gasteiger partial charge in [-0.1, -0.05) is 72.8 Å². The van der Waals surface area contributed by atoms with Crippen LogP contribution < -0.4 is 9.47 Å². The van der Waals surface area contributed by atoms with Gasteiger partial charge >= 0.3 is 0 Å². The third-order valence-corrected chi connectivity index (χ3v) is 6.96. The Hall–Kier alpha value is -4.48. The summed E-state index contributed by atoms with van der Waals surface area (Å²) in [6, 6.07) is 32.7. The van der Waals surface area contributed by atoms with E-state index in [9.17, 15) is 0 Å². The van der Waals surface area contributed by atoms with Crippen molar-refractivity contribution in [2.45, 2.75) is 6.61 Å². The van der Waals surface area contributed by atoms with Crippen LogP contribution in [0.5, 0.6) is 17.2 Å². The lowest BCUT2D eigenvalue weighted by Gasteiger charge is -2.08. The molecule has 6 rings (SSSR count). The molecule has 0 saturated heterocycles. The molecule has 0 aliphatic carbocycles. The Morgan fingerprint density at radius 1 is 0.611 bits per heavy atom. The van der Waals surface area contributed by atoms with Crippen LogP contribution >= 0.6 is 11.3 Å². The number of aromatic nitrogens is 2. The first kappa shape index (κ1) is 22.0. The highest BCUT2D eigenvalue weighted by Gasteiger charge is 2.12. The van der Waals surface area contributed by atoms with Crippen LogP contribution in [-0.4, -0.2) is 9.97 Å². The predicted molar refractivity (Wildman–Crippen MR) is 146 cm³/mol. The number of rotatable bonds is 7. The average molecular weight is 487 g/mol. The Balaban J connectivity index is 1.23. The maximum absolute atomic E-state index is 6.25. The van der Waals surface area contributed by atoms with E-state index in [2.05, 4.69) is 40.3 Å². The van der Waals surface area contributed by atoms with Gasteiger partial charge < -0.3 is 9.47 Å². The van der Waals surface area contributed by atoms with Crippen LogP contribution in [0, 0.1) is 0 Å². The van der Waals surface area contributed by atoms with Crippen LogP contribution in [0.3, 0.4) is 0 Å². The van der Waals surface area contributed by atoms with Crippen molar-refractivity contribution in [1.29, 1.82) is 0 Å². The summed E-state index contributed by atoms with van der Waals surface area (Å²) in [5, 5.41) is 1.02. The predicted octanol–water partition coefficient (Wildman–Crippen LogP) is 8.40. The topological polar surface area (TPSA) is 44.2 Å². The minimum absolute atomic E-state index is 0.503. The van der Waals surface area contributed by atoms with E-state index in [1.54, 1.807) is 23.7 Å². The summed E-state index contributed by atoms with van der Waals surface area (Å²) in [6.07, 6.45) is 7.24. The van der Waals surface area contributed by atoms with Crippen molar-refractivity contribution < 1.29 is 9.47 Å². The molecular weight excluding hydrogens is 464 g/mol. The van der Waals surface area contributed by atoms with Gasteiger partial charge in [0.2, 0.25) is 0 Å². The number of hydrogen-bond donors (Lipinski definition) is 0. The molecule has 3 aromatic heterocycles. The van der Waals surface area contributed by atoms with Crippen molar-refractivity contribution >= 4 is 21.4 Å². The monoisotopic (exact) mass is 486 g/mol. The Bertz CT molecular complexity index is 1600. The van der Waals surface area contributed by atoms with E-state index in [4.69, 9.17) is 9.47 Å². The van der Waals surface area contributed by atoms with Gasteiger partial charge in [0, 0.05) is 28.2 Å². The molecule has 0 amide bonds. The Morgan fingerprint density at radius 3 is 2.14 bits per heavy atom. The molecule has 0 saturated carbocycles. The lowest BCUT2D eigenvalue weighted by atomic mass is 10.1. The summed E-state index contributed by atoms with van der Waals surface area (Å²) in [7, 11) is 0. The lowest BCUT2D eigenvalue weighted by molar-refractivity contribution is 0.305. The van der Waals surface area contributed by atoms with Crippen molar-refractivity contribution in [1.82, 2.24) is 9.97 Å². The largest absolute Gasteiger partial charge is 0.487 e. The summed E-state index contributed by atoms with van der Waals surface area (Å²) in [4.78, 5) is 9.89. The van der Waals surface area contributed by atoms with Crippen molar-refractivity contribution in [2.75, 3.05) is 0 Å². The summed E-state index contributed by atoms with van der Waals surface area (Å²) in [5.41, 5.74) is 4.45. The van der Waals surface area contributed by atoms with Gasteiger partial charge in [0.1, 0.15) is 18.1 Å². The SMILES string of the molecule is c1ccc(COc2cncc(-c3cc4c(Oc5ccc(-c6ccccc6)cc5)cncc4s3)c2)cc1. The second-order valence-electron chi connectivity index (χ2n) is 8.34. The van der Waals surface area contributed by atoms with E-state index in [0.717, 1.165) is 48.9 Å². The fourth-order valence-corrected chi connectivity index (χ4v) is 5.03. The van der Waals surface area contributed by atoms with Crippen molar-refractivity contribution in [3.8, 4) is 38.8 Å². The van der Waals surface area contributed by atoms with E-state index in [1.807, 2.05) is 79.1 Å². The van der Waals surface area contributed by atoms with Crippen molar-refractivity contribution in [3.63, 3.8) is 0 Å². The van der Waals surface area contributed by atoms with E-state index >= 15 is 0 Å². The van der Waals surface area contributed by atoms with E-state index in [0.29, 0.717) is 6.61 Å². The van der Waals surface area contributed by atoms with Gasteiger partial charge in [0.05, 0.1) is 17.1 Å². The second-order valence-corrected chi connectivity index (χ2v) is 9.42. The van der Waals surface area contributed by atoms with E-state index in [1.165, 1.54) is 5.56 Å². The first-order chi connectivity index (χ1) is 17.8. The number of hydrogen-bond acceptors (Lipinski definition) is 5. The number of benzene rings is 3. The van der Waals surface area contributed by atoms with Gasteiger partial charge in [-0.05, 0) is 41.0 Å². The standard InChI is InChI=1S/C31H22N2O2S/c1-3-7-22(8-4-1)21-34-27-15-25(17-32-18-27)30-16-28-29(19-33-20-31(28)36-30)35-26-13-11-24(12-14-26)23-9-5-2-6-10-23/h1-20H,21H2. The number of pyridine rings is 2. The first-order valence-corrected chi connectivity index (χ1v) is 12.5. The van der Waals surface area contributed by atoms with E-state index in [-0.39, 0.29) is 0 Å². The quantitative estimate of drug-likeness (QED) is 0.227. The van der Waals surface area contributed by atoms with Crippen molar-refractivity contribution in [3.05, 3.63) is 127 Å².